The van der Waals surface area contributed by atoms with Crippen molar-refractivity contribution in [2.45, 2.75) is 18.9 Å². The van der Waals surface area contributed by atoms with Gasteiger partial charge in [0, 0.05) is 17.2 Å². The molecule has 1 fully saturated rings. The van der Waals surface area contributed by atoms with E-state index in [9.17, 15) is 4.79 Å². The number of nitrogens with one attached hydrogen (secondary N) is 1. The van der Waals surface area contributed by atoms with Crippen molar-refractivity contribution in [2.24, 2.45) is 5.73 Å². The second-order valence-corrected chi connectivity index (χ2v) is 4.36. The van der Waals surface area contributed by atoms with Crippen molar-refractivity contribution in [1.82, 2.24) is 5.32 Å². The van der Waals surface area contributed by atoms with Crippen molar-refractivity contribution in [3.05, 3.63) is 34.3 Å². The molecule has 3 N–H and O–H groups in total. The van der Waals surface area contributed by atoms with Crippen LogP contribution in [0.25, 0.3) is 0 Å². The zero-order valence-electron chi connectivity index (χ0n) is 9.29. The summed E-state index contributed by atoms with van der Waals surface area (Å²) in [5.41, 5.74) is 6.55. The van der Waals surface area contributed by atoms with Crippen molar-refractivity contribution in [2.75, 3.05) is 6.54 Å². The molecular weight excluding hydrogens is 236 g/mol. The Bertz CT molecular complexity index is 498. The van der Waals surface area contributed by atoms with Gasteiger partial charge >= 0.3 is 0 Å². The molecule has 0 radical (unpaired) electrons. The molecule has 1 saturated carbocycles. The van der Waals surface area contributed by atoms with Crippen LogP contribution >= 0.6 is 11.6 Å². The van der Waals surface area contributed by atoms with Gasteiger partial charge in [0.2, 0.25) is 0 Å². The smallest absolute Gasteiger partial charge is 0.251 e. The van der Waals surface area contributed by atoms with Crippen LogP contribution in [-0.4, -0.2) is 18.5 Å². The van der Waals surface area contributed by atoms with Crippen LogP contribution in [0.4, 0.5) is 0 Å². The molecule has 4 heteroatoms. The number of benzene rings is 1. The van der Waals surface area contributed by atoms with Gasteiger partial charge in [0.15, 0.2) is 0 Å². The quantitative estimate of drug-likeness (QED) is 0.781. The van der Waals surface area contributed by atoms with Gasteiger partial charge in [-0.25, -0.2) is 0 Å². The molecule has 0 bridgehead atoms. The van der Waals surface area contributed by atoms with E-state index < -0.39 is 0 Å². The third-order valence-corrected chi connectivity index (χ3v) is 2.78. The predicted molar refractivity (Wildman–Crippen MR) is 67.9 cm³/mol. The molecule has 17 heavy (non-hydrogen) atoms. The fourth-order valence-electron chi connectivity index (χ4n) is 1.40. The van der Waals surface area contributed by atoms with Crippen LogP contribution < -0.4 is 11.1 Å². The maximum absolute atomic E-state index is 11.7. The molecule has 0 heterocycles. The number of nitrogens with two attached hydrogens (primary N) is 1. The number of carbonyl (C=O) groups excluding carboxylic acids is 1. The molecule has 88 valence electrons. The summed E-state index contributed by atoms with van der Waals surface area (Å²) >= 11 is 6.04. The van der Waals surface area contributed by atoms with E-state index in [-0.39, 0.29) is 5.91 Å². The fraction of sp³-hybridized carbons (Fsp3) is 0.308. The Morgan fingerprint density at radius 3 is 2.88 bits per heavy atom. The molecule has 3 nitrogen and oxygen atoms in total. The van der Waals surface area contributed by atoms with E-state index in [1.54, 1.807) is 18.2 Å². The first-order valence-electron chi connectivity index (χ1n) is 5.50. The van der Waals surface area contributed by atoms with E-state index in [1.165, 1.54) is 0 Å². The SMILES string of the molecule is NCC#Cc1ccc(C(=O)NC2CC2)cc1Cl. The molecule has 0 saturated heterocycles. The molecule has 0 atom stereocenters. The van der Waals surface area contributed by atoms with Gasteiger partial charge in [0.25, 0.3) is 5.91 Å². The minimum atomic E-state index is -0.0762. The summed E-state index contributed by atoms with van der Waals surface area (Å²) < 4.78 is 0. The van der Waals surface area contributed by atoms with Crippen LogP contribution in [0.1, 0.15) is 28.8 Å². The lowest BCUT2D eigenvalue weighted by Gasteiger charge is -2.04. The molecule has 1 aromatic carbocycles. The summed E-state index contributed by atoms with van der Waals surface area (Å²) in [4.78, 5) is 11.7. The van der Waals surface area contributed by atoms with Gasteiger partial charge in [-0.05, 0) is 31.0 Å². The first-order valence-corrected chi connectivity index (χ1v) is 5.88. The highest BCUT2D eigenvalue weighted by molar-refractivity contribution is 6.32. The van der Waals surface area contributed by atoms with Crippen molar-refractivity contribution in [3.8, 4) is 11.8 Å². The van der Waals surface area contributed by atoms with Crippen LogP contribution in [0.2, 0.25) is 5.02 Å². The Labute approximate surface area is 105 Å². The first-order chi connectivity index (χ1) is 8.20. The summed E-state index contributed by atoms with van der Waals surface area (Å²) in [5.74, 6) is 5.51. The van der Waals surface area contributed by atoms with Crippen molar-refractivity contribution in [3.63, 3.8) is 0 Å². The van der Waals surface area contributed by atoms with Gasteiger partial charge in [0.1, 0.15) is 0 Å². The average molecular weight is 249 g/mol. The van der Waals surface area contributed by atoms with E-state index in [1.807, 2.05) is 0 Å². The normalized spacial score (nSPS) is 13.8. The molecule has 0 aliphatic heterocycles. The molecule has 0 unspecified atom stereocenters. The van der Waals surface area contributed by atoms with Gasteiger partial charge < -0.3 is 11.1 Å². The van der Waals surface area contributed by atoms with Crippen LogP contribution in [-0.2, 0) is 0 Å². The van der Waals surface area contributed by atoms with E-state index in [4.69, 9.17) is 17.3 Å². The molecule has 1 amide bonds. The second-order valence-electron chi connectivity index (χ2n) is 3.95. The maximum Gasteiger partial charge on any atom is 0.251 e. The van der Waals surface area contributed by atoms with Gasteiger partial charge in [0.05, 0.1) is 11.6 Å². The van der Waals surface area contributed by atoms with Gasteiger partial charge in [-0.1, -0.05) is 23.4 Å². The lowest BCUT2D eigenvalue weighted by molar-refractivity contribution is 0.0951. The Morgan fingerprint density at radius 1 is 1.53 bits per heavy atom. The zero-order valence-corrected chi connectivity index (χ0v) is 10.1. The van der Waals surface area contributed by atoms with E-state index in [2.05, 4.69) is 17.2 Å². The third kappa shape index (κ3) is 3.23. The highest BCUT2D eigenvalue weighted by atomic mass is 35.5. The Balaban J connectivity index is 2.14. The number of hydrogen-bond donors (Lipinski definition) is 2. The second kappa shape index (κ2) is 5.22. The molecule has 0 aromatic heterocycles. The Kier molecular flexibility index (Phi) is 3.68. The fourth-order valence-corrected chi connectivity index (χ4v) is 1.63. The topological polar surface area (TPSA) is 55.1 Å². The van der Waals surface area contributed by atoms with Gasteiger partial charge in [-0.15, -0.1) is 0 Å². The highest BCUT2D eigenvalue weighted by Gasteiger charge is 2.23. The lowest BCUT2D eigenvalue weighted by Crippen LogP contribution is -2.25. The predicted octanol–water partition coefficient (Wildman–Crippen LogP) is 1.54. The minimum absolute atomic E-state index is 0.0762. The third-order valence-electron chi connectivity index (χ3n) is 2.47. The molecule has 2 rings (SSSR count). The van der Waals surface area contributed by atoms with E-state index >= 15 is 0 Å². The number of hydrogen-bond acceptors (Lipinski definition) is 2. The van der Waals surface area contributed by atoms with E-state index in [0.717, 1.165) is 12.8 Å². The van der Waals surface area contributed by atoms with Crippen molar-refractivity contribution in [1.29, 1.82) is 0 Å². The van der Waals surface area contributed by atoms with Crippen molar-refractivity contribution >= 4 is 17.5 Å². The van der Waals surface area contributed by atoms with Crippen LogP contribution in [0.3, 0.4) is 0 Å². The summed E-state index contributed by atoms with van der Waals surface area (Å²) in [6.07, 6.45) is 2.14. The average Bonchev–Trinajstić information content (AvgIpc) is 3.11. The molecular formula is C13H13ClN2O. The maximum atomic E-state index is 11.7. The number of carbonyl (C=O) groups is 1. The molecule has 0 spiro atoms. The summed E-state index contributed by atoms with van der Waals surface area (Å²) in [6, 6.07) is 5.45. The zero-order chi connectivity index (χ0) is 12.3. The number of halogens is 1. The standard InChI is InChI=1S/C13H13ClN2O/c14-12-8-10(13(17)16-11-5-6-11)4-3-9(12)2-1-7-15/h3-4,8,11H,5-7,15H2,(H,16,17). The van der Waals surface area contributed by atoms with E-state index in [0.29, 0.717) is 28.7 Å². The molecule has 1 aromatic rings. The van der Waals surface area contributed by atoms with Crippen LogP contribution in [0, 0.1) is 11.8 Å². The van der Waals surface area contributed by atoms with Crippen LogP contribution in [0.5, 0.6) is 0 Å². The number of rotatable bonds is 2. The summed E-state index contributed by atoms with van der Waals surface area (Å²) in [6.45, 7) is 0.292. The lowest BCUT2D eigenvalue weighted by atomic mass is 10.1. The molecule has 1 aliphatic carbocycles. The van der Waals surface area contributed by atoms with Gasteiger partial charge in [-0.3, -0.25) is 4.79 Å². The highest BCUT2D eigenvalue weighted by Crippen LogP contribution is 2.21. The van der Waals surface area contributed by atoms with Gasteiger partial charge in [-0.2, -0.15) is 0 Å². The van der Waals surface area contributed by atoms with Crippen molar-refractivity contribution < 1.29 is 4.79 Å². The largest absolute Gasteiger partial charge is 0.349 e. The molecule has 1 aliphatic rings. The minimum Gasteiger partial charge on any atom is -0.349 e. The first kappa shape index (κ1) is 12.0. The van der Waals surface area contributed by atoms with Crippen LogP contribution in [0.15, 0.2) is 18.2 Å². The summed E-state index contributed by atoms with van der Waals surface area (Å²) in [7, 11) is 0. The monoisotopic (exact) mass is 248 g/mol. The summed E-state index contributed by atoms with van der Waals surface area (Å²) in [5, 5.41) is 3.39. The Hall–Kier alpha value is -1.50. The Morgan fingerprint density at radius 2 is 2.29 bits per heavy atom. The number of amides is 1.